The molecule has 0 spiro atoms. The van der Waals surface area contributed by atoms with E-state index in [1.807, 2.05) is 44.4 Å². The molecule has 0 radical (unpaired) electrons. The molecule has 2 N–H and O–H groups in total. The van der Waals surface area contributed by atoms with Gasteiger partial charge in [-0.2, -0.15) is 4.98 Å². The van der Waals surface area contributed by atoms with E-state index in [1.54, 1.807) is 11.8 Å². The third-order valence-electron chi connectivity index (χ3n) is 2.79. The fourth-order valence-electron chi connectivity index (χ4n) is 1.51. The second kappa shape index (κ2) is 5.54. The van der Waals surface area contributed by atoms with Crippen molar-refractivity contribution in [3.05, 3.63) is 30.2 Å². The van der Waals surface area contributed by atoms with Gasteiger partial charge < -0.3 is 10.3 Å². The Morgan fingerprint density at radius 2 is 1.89 bits per heavy atom. The van der Waals surface area contributed by atoms with Crippen molar-refractivity contribution in [3.8, 4) is 11.4 Å². The molecular weight excluding hydrogens is 246 g/mol. The maximum atomic E-state index is 5.98. The van der Waals surface area contributed by atoms with Gasteiger partial charge >= 0.3 is 0 Å². The molecule has 2 rings (SSSR count). The molecule has 1 aromatic carbocycles. The van der Waals surface area contributed by atoms with Gasteiger partial charge in [0.1, 0.15) is 0 Å². The third kappa shape index (κ3) is 2.73. The SMILES string of the molecule is CSc1ccc(-c2noc([C@H](N)C(C)C)n2)cc1. The Kier molecular flexibility index (Phi) is 4.04. The van der Waals surface area contributed by atoms with Gasteiger partial charge in [-0.3, -0.25) is 0 Å². The van der Waals surface area contributed by atoms with Gasteiger partial charge in [0.2, 0.25) is 11.7 Å². The molecule has 0 saturated heterocycles. The number of nitrogens with two attached hydrogens (primary N) is 1. The van der Waals surface area contributed by atoms with Gasteiger partial charge in [-0.25, -0.2) is 0 Å². The van der Waals surface area contributed by atoms with Crippen LogP contribution in [-0.4, -0.2) is 16.4 Å². The van der Waals surface area contributed by atoms with Crippen molar-refractivity contribution >= 4 is 11.8 Å². The van der Waals surface area contributed by atoms with Gasteiger partial charge in [-0.05, 0) is 36.4 Å². The van der Waals surface area contributed by atoms with Crippen LogP contribution in [0.5, 0.6) is 0 Å². The van der Waals surface area contributed by atoms with Crippen LogP contribution in [0.25, 0.3) is 11.4 Å². The Morgan fingerprint density at radius 3 is 2.44 bits per heavy atom. The van der Waals surface area contributed by atoms with Crippen LogP contribution < -0.4 is 5.73 Å². The monoisotopic (exact) mass is 263 g/mol. The zero-order valence-corrected chi connectivity index (χ0v) is 11.6. The number of rotatable bonds is 4. The van der Waals surface area contributed by atoms with Crippen LogP contribution in [0.4, 0.5) is 0 Å². The molecule has 4 nitrogen and oxygen atoms in total. The predicted octanol–water partition coefficient (Wildman–Crippen LogP) is 3.11. The molecule has 18 heavy (non-hydrogen) atoms. The zero-order chi connectivity index (χ0) is 13.1. The standard InChI is InChI=1S/C13H17N3OS/c1-8(2)11(14)13-15-12(16-17-13)9-4-6-10(18-3)7-5-9/h4-8,11H,14H2,1-3H3/t11-/m1/s1. The summed E-state index contributed by atoms with van der Waals surface area (Å²) in [4.78, 5) is 5.56. The molecule has 5 heteroatoms. The first kappa shape index (κ1) is 13.1. The average Bonchev–Trinajstić information content (AvgIpc) is 2.87. The Labute approximate surface area is 111 Å². The summed E-state index contributed by atoms with van der Waals surface area (Å²) < 4.78 is 5.21. The number of hydrogen-bond donors (Lipinski definition) is 1. The number of benzene rings is 1. The van der Waals surface area contributed by atoms with Gasteiger partial charge in [-0.1, -0.05) is 19.0 Å². The van der Waals surface area contributed by atoms with Crippen molar-refractivity contribution in [1.29, 1.82) is 0 Å². The van der Waals surface area contributed by atoms with Gasteiger partial charge in [0.05, 0.1) is 6.04 Å². The lowest BCUT2D eigenvalue weighted by atomic mass is 10.1. The minimum absolute atomic E-state index is 0.211. The lowest BCUT2D eigenvalue weighted by Gasteiger charge is -2.09. The Morgan fingerprint density at radius 1 is 1.22 bits per heavy atom. The fraction of sp³-hybridized carbons (Fsp3) is 0.385. The minimum Gasteiger partial charge on any atom is -0.337 e. The van der Waals surface area contributed by atoms with Crippen molar-refractivity contribution in [1.82, 2.24) is 10.1 Å². The van der Waals surface area contributed by atoms with E-state index in [2.05, 4.69) is 10.1 Å². The first-order valence-corrected chi connectivity index (χ1v) is 7.08. The van der Waals surface area contributed by atoms with Crippen LogP contribution >= 0.6 is 11.8 Å². The van der Waals surface area contributed by atoms with E-state index in [4.69, 9.17) is 10.3 Å². The molecule has 1 atom stereocenters. The highest BCUT2D eigenvalue weighted by molar-refractivity contribution is 7.98. The van der Waals surface area contributed by atoms with Crippen molar-refractivity contribution in [2.75, 3.05) is 6.26 Å². The van der Waals surface area contributed by atoms with E-state index in [0.717, 1.165) is 5.56 Å². The molecule has 0 amide bonds. The molecule has 1 heterocycles. The highest BCUT2D eigenvalue weighted by Crippen LogP contribution is 2.23. The summed E-state index contributed by atoms with van der Waals surface area (Å²) >= 11 is 1.70. The Hall–Kier alpha value is -1.33. The largest absolute Gasteiger partial charge is 0.337 e. The zero-order valence-electron chi connectivity index (χ0n) is 10.8. The molecule has 96 valence electrons. The first-order valence-electron chi connectivity index (χ1n) is 5.85. The topological polar surface area (TPSA) is 64.9 Å². The molecule has 0 unspecified atom stereocenters. The lowest BCUT2D eigenvalue weighted by Crippen LogP contribution is -2.16. The fourth-order valence-corrected chi connectivity index (χ4v) is 1.92. The number of thioether (sulfide) groups is 1. The van der Waals surface area contributed by atoms with E-state index in [1.165, 1.54) is 4.90 Å². The Bertz CT molecular complexity index is 507. The summed E-state index contributed by atoms with van der Waals surface area (Å²) in [5, 5.41) is 3.97. The van der Waals surface area contributed by atoms with Crippen molar-refractivity contribution in [3.63, 3.8) is 0 Å². The molecule has 0 saturated carbocycles. The average molecular weight is 263 g/mol. The number of hydrogen-bond acceptors (Lipinski definition) is 5. The third-order valence-corrected chi connectivity index (χ3v) is 3.54. The van der Waals surface area contributed by atoms with Crippen LogP contribution in [0.1, 0.15) is 25.8 Å². The molecule has 0 bridgehead atoms. The highest BCUT2D eigenvalue weighted by Gasteiger charge is 2.18. The highest BCUT2D eigenvalue weighted by atomic mass is 32.2. The summed E-state index contributed by atoms with van der Waals surface area (Å²) in [7, 11) is 0. The second-order valence-corrected chi connectivity index (χ2v) is 5.33. The maximum Gasteiger partial charge on any atom is 0.244 e. The van der Waals surface area contributed by atoms with Gasteiger partial charge in [-0.15, -0.1) is 11.8 Å². The van der Waals surface area contributed by atoms with Crippen molar-refractivity contribution in [2.45, 2.75) is 24.8 Å². The van der Waals surface area contributed by atoms with Gasteiger partial charge in [0, 0.05) is 10.5 Å². The minimum atomic E-state index is -0.211. The molecule has 1 aromatic heterocycles. The summed E-state index contributed by atoms with van der Waals surface area (Å²) in [5.41, 5.74) is 6.92. The molecule has 0 aliphatic rings. The lowest BCUT2D eigenvalue weighted by molar-refractivity contribution is 0.325. The van der Waals surface area contributed by atoms with Crippen LogP contribution in [0, 0.1) is 5.92 Å². The maximum absolute atomic E-state index is 5.98. The van der Waals surface area contributed by atoms with E-state index < -0.39 is 0 Å². The van der Waals surface area contributed by atoms with Crippen LogP contribution in [0.2, 0.25) is 0 Å². The summed E-state index contributed by atoms with van der Waals surface area (Å²) in [6.07, 6.45) is 2.04. The van der Waals surface area contributed by atoms with Crippen LogP contribution in [0.3, 0.4) is 0 Å². The smallest absolute Gasteiger partial charge is 0.244 e. The molecule has 0 fully saturated rings. The van der Waals surface area contributed by atoms with Gasteiger partial charge in [0.15, 0.2) is 0 Å². The second-order valence-electron chi connectivity index (χ2n) is 4.45. The summed E-state index contributed by atoms with van der Waals surface area (Å²) in [6, 6.07) is 7.84. The molecular formula is C13H17N3OS. The molecule has 0 aliphatic heterocycles. The van der Waals surface area contributed by atoms with Crippen molar-refractivity contribution < 1.29 is 4.52 Å². The van der Waals surface area contributed by atoms with E-state index >= 15 is 0 Å². The normalized spacial score (nSPS) is 12.9. The Balaban J connectivity index is 2.23. The molecule has 2 aromatic rings. The number of aromatic nitrogens is 2. The van der Waals surface area contributed by atoms with Crippen LogP contribution in [-0.2, 0) is 0 Å². The van der Waals surface area contributed by atoms with E-state index in [-0.39, 0.29) is 12.0 Å². The van der Waals surface area contributed by atoms with E-state index in [9.17, 15) is 0 Å². The van der Waals surface area contributed by atoms with E-state index in [0.29, 0.717) is 11.7 Å². The first-order chi connectivity index (χ1) is 8.61. The van der Waals surface area contributed by atoms with Crippen molar-refractivity contribution in [2.24, 2.45) is 11.7 Å². The van der Waals surface area contributed by atoms with Gasteiger partial charge in [0.25, 0.3) is 0 Å². The molecule has 0 aliphatic carbocycles. The summed E-state index contributed by atoms with van der Waals surface area (Å²) in [6.45, 7) is 4.06. The summed E-state index contributed by atoms with van der Waals surface area (Å²) in [5.74, 6) is 1.36. The van der Waals surface area contributed by atoms with Crippen LogP contribution in [0.15, 0.2) is 33.7 Å². The quantitative estimate of drug-likeness (QED) is 0.859. The number of nitrogens with zero attached hydrogens (tertiary/aromatic N) is 2. The predicted molar refractivity (Wildman–Crippen MR) is 73.3 cm³/mol.